The molecule has 1 saturated heterocycles. The van der Waals surface area contributed by atoms with Crippen LogP contribution in [-0.2, 0) is 4.79 Å². The van der Waals surface area contributed by atoms with E-state index in [2.05, 4.69) is 5.32 Å². The van der Waals surface area contributed by atoms with E-state index in [1.807, 2.05) is 32.8 Å². The maximum absolute atomic E-state index is 12.0. The Labute approximate surface area is 113 Å². The van der Waals surface area contributed by atoms with Crippen LogP contribution in [0.25, 0.3) is 0 Å². The van der Waals surface area contributed by atoms with Crippen molar-refractivity contribution < 1.29 is 19.8 Å². The summed E-state index contributed by atoms with van der Waals surface area (Å²) in [6, 6.07) is -1.39. The number of carbonyl (C=O) groups excluding carboxylic acids is 1. The molecule has 110 valence electrons. The monoisotopic (exact) mass is 273 g/mol. The third-order valence-electron chi connectivity index (χ3n) is 3.71. The first-order chi connectivity index (χ1) is 8.65. The first kappa shape index (κ1) is 15.7. The van der Waals surface area contributed by atoms with Gasteiger partial charge in [-0.05, 0) is 27.9 Å². The number of aliphatic hydroxyl groups is 1. The Morgan fingerprint density at radius 3 is 2.47 bits per heavy atom. The molecule has 0 aliphatic carbocycles. The molecule has 2 atom stereocenters. The molecular weight excluding hydrogens is 250 g/mol. The Morgan fingerprint density at radius 1 is 1.42 bits per heavy atom. The van der Waals surface area contributed by atoms with E-state index >= 15 is 0 Å². The van der Waals surface area contributed by atoms with Crippen molar-refractivity contribution in [2.45, 2.75) is 38.0 Å². The number of hydrogen-bond acceptors (Lipinski definition) is 4. The second-order valence-corrected chi connectivity index (χ2v) is 5.76. The molecule has 1 unspecified atom stereocenters. The van der Waals surface area contributed by atoms with Crippen molar-refractivity contribution in [1.82, 2.24) is 15.1 Å². The molecule has 1 aliphatic rings. The smallest absolute Gasteiger partial charge is 0.326 e. The summed E-state index contributed by atoms with van der Waals surface area (Å²) in [5.74, 6) is -1.08. The molecule has 3 N–H and O–H groups in total. The van der Waals surface area contributed by atoms with Crippen molar-refractivity contribution in [3.8, 4) is 0 Å². The van der Waals surface area contributed by atoms with Crippen LogP contribution in [0.4, 0.5) is 4.79 Å². The molecule has 0 radical (unpaired) electrons. The van der Waals surface area contributed by atoms with Gasteiger partial charge in [-0.25, -0.2) is 9.59 Å². The lowest BCUT2D eigenvalue weighted by Gasteiger charge is -2.33. The lowest BCUT2D eigenvalue weighted by atomic mass is 10.0. The van der Waals surface area contributed by atoms with Gasteiger partial charge in [0.25, 0.3) is 0 Å². The van der Waals surface area contributed by atoms with Gasteiger partial charge >= 0.3 is 12.0 Å². The molecule has 0 aromatic carbocycles. The highest BCUT2D eigenvalue weighted by molar-refractivity contribution is 5.83. The van der Waals surface area contributed by atoms with Crippen molar-refractivity contribution in [3.05, 3.63) is 0 Å². The van der Waals surface area contributed by atoms with Crippen molar-refractivity contribution in [2.24, 2.45) is 0 Å². The van der Waals surface area contributed by atoms with Crippen molar-refractivity contribution >= 4 is 12.0 Å². The molecule has 0 bridgehead atoms. The van der Waals surface area contributed by atoms with E-state index in [0.717, 1.165) is 0 Å². The predicted molar refractivity (Wildman–Crippen MR) is 69.9 cm³/mol. The Morgan fingerprint density at radius 2 is 2.00 bits per heavy atom. The molecule has 19 heavy (non-hydrogen) atoms. The summed E-state index contributed by atoms with van der Waals surface area (Å²) >= 11 is 0. The number of likely N-dealkylation sites (tertiary alicyclic amines) is 1. The maximum Gasteiger partial charge on any atom is 0.326 e. The lowest BCUT2D eigenvalue weighted by Crippen LogP contribution is -2.53. The normalized spacial score (nSPS) is 23.8. The summed E-state index contributed by atoms with van der Waals surface area (Å²) in [7, 11) is 3.82. The molecule has 1 fully saturated rings. The summed E-state index contributed by atoms with van der Waals surface area (Å²) in [6.45, 7) is 4.41. The fraction of sp³-hybridized carbons (Fsp3) is 0.833. The molecule has 0 aromatic heterocycles. The molecule has 7 nitrogen and oxygen atoms in total. The molecule has 1 rings (SSSR count). The first-order valence-electron chi connectivity index (χ1n) is 6.28. The van der Waals surface area contributed by atoms with Crippen LogP contribution < -0.4 is 5.32 Å². The molecule has 2 amide bonds. The Bertz CT molecular complexity index is 357. The molecule has 1 aliphatic heterocycles. The zero-order valence-electron chi connectivity index (χ0n) is 11.9. The van der Waals surface area contributed by atoms with Gasteiger partial charge in [0.05, 0.1) is 6.10 Å². The standard InChI is InChI=1S/C12H23N3O4/c1-12(2,14(3)4)7-13-11(19)15-6-8(16)5-9(15)10(17)18/h8-9,16H,5-7H2,1-4H3,(H,13,19)(H,17,18)/t8?,9-/m0/s1. The minimum absolute atomic E-state index is 0.0607. The molecule has 0 spiro atoms. The lowest BCUT2D eigenvalue weighted by molar-refractivity contribution is -0.141. The number of carbonyl (C=O) groups is 2. The SMILES string of the molecule is CN(C)C(C)(C)CNC(=O)N1CC(O)C[C@H]1C(=O)O. The zero-order valence-corrected chi connectivity index (χ0v) is 11.9. The van der Waals surface area contributed by atoms with Crippen molar-refractivity contribution in [2.75, 3.05) is 27.2 Å². The van der Waals surface area contributed by atoms with E-state index in [1.165, 1.54) is 4.90 Å². The number of aliphatic hydroxyl groups excluding tert-OH is 1. The third-order valence-corrected chi connectivity index (χ3v) is 3.71. The number of aliphatic carboxylic acids is 1. The molecule has 0 saturated carbocycles. The minimum atomic E-state index is -1.08. The highest BCUT2D eigenvalue weighted by Crippen LogP contribution is 2.18. The highest BCUT2D eigenvalue weighted by atomic mass is 16.4. The van der Waals surface area contributed by atoms with E-state index in [-0.39, 0.29) is 18.5 Å². The van der Waals surface area contributed by atoms with Crippen molar-refractivity contribution in [3.63, 3.8) is 0 Å². The summed E-state index contributed by atoms with van der Waals surface area (Å²) in [4.78, 5) is 26.2. The minimum Gasteiger partial charge on any atom is -0.480 e. The van der Waals surface area contributed by atoms with Crippen LogP contribution in [0.15, 0.2) is 0 Å². The van der Waals surface area contributed by atoms with Gasteiger partial charge in [0.1, 0.15) is 6.04 Å². The maximum atomic E-state index is 12.0. The number of nitrogens with zero attached hydrogens (tertiary/aromatic N) is 2. The van der Waals surface area contributed by atoms with Crippen LogP contribution in [-0.4, -0.2) is 76.9 Å². The fourth-order valence-corrected chi connectivity index (χ4v) is 1.82. The van der Waals surface area contributed by atoms with Gasteiger partial charge in [-0.1, -0.05) is 0 Å². The Kier molecular flexibility index (Phi) is 4.75. The van der Waals surface area contributed by atoms with Gasteiger partial charge in [0.2, 0.25) is 0 Å². The number of hydrogen-bond donors (Lipinski definition) is 3. The van der Waals surface area contributed by atoms with E-state index in [9.17, 15) is 14.7 Å². The highest BCUT2D eigenvalue weighted by Gasteiger charge is 2.39. The van der Waals surface area contributed by atoms with Gasteiger partial charge in [-0.15, -0.1) is 0 Å². The predicted octanol–water partition coefficient (Wildman–Crippen LogP) is -0.444. The molecule has 0 aromatic rings. The Hall–Kier alpha value is -1.34. The number of nitrogens with one attached hydrogen (secondary N) is 1. The van der Waals surface area contributed by atoms with Gasteiger partial charge < -0.3 is 25.3 Å². The van der Waals surface area contributed by atoms with Gasteiger partial charge in [0.15, 0.2) is 0 Å². The number of β-amino-alcohol motifs (C(OH)–C–C–N with tert-alkyl or cyclic N) is 1. The summed E-state index contributed by atoms with van der Waals surface area (Å²) in [5.41, 5.74) is -0.229. The second kappa shape index (κ2) is 5.75. The van der Waals surface area contributed by atoms with Crippen LogP contribution in [0, 0.1) is 0 Å². The number of likely N-dealkylation sites (N-methyl/N-ethyl adjacent to an activating group) is 1. The van der Waals surface area contributed by atoms with E-state index in [4.69, 9.17) is 5.11 Å². The van der Waals surface area contributed by atoms with Gasteiger partial charge in [0, 0.05) is 25.0 Å². The van der Waals surface area contributed by atoms with Crippen LogP contribution in [0.2, 0.25) is 0 Å². The summed E-state index contributed by atoms with van der Waals surface area (Å²) in [5, 5.41) is 21.2. The van der Waals surface area contributed by atoms with E-state index in [1.54, 1.807) is 0 Å². The van der Waals surface area contributed by atoms with Crippen LogP contribution in [0.3, 0.4) is 0 Å². The van der Waals surface area contributed by atoms with Crippen molar-refractivity contribution in [1.29, 1.82) is 0 Å². The number of amides is 2. The molecule has 1 heterocycles. The Balaban J connectivity index is 2.60. The number of carboxylic acid groups (broad SMARTS) is 1. The van der Waals surface area contributed by atoms with Crippen LogP contribution >= 0.6 is 0 Å². The van der Waals surface area contributed by atoms with Crippen LogP contribution in [0.1, 0.15) is 20.3 Å². The quantitative estimate of drug-likeness (QED) is 0.645. The number of urea groups is 1. The van der Waals surface area contributed by atoms with Gasteiger partial charge in [-0.2, -0.15) is 0 Å². The van der Waals surface area contributed by atoms with E-state index in [0.29, 0.717) is 6.54 Å². The third kappa shape index (κ3) is 3.81. The first-order valence-corrected chi connectivity index (χ1v) is 6.28. The number of rotatable bonds is 4. The van der Waals surface area contributed by atoms with Crippen LogP contribution in [0.5, 0.6) is 0 Å². The zero-order chi connectivity index (χ0) is 14.8. The summed E-state index contributed by atoms with van der Waals surface area (Å²) < 4.78 is 0. The average molecular weight is 273 g/mol. The summed E-state index contributed by atoms with van der Waals surface area (Å²) in [6.07, 6.45) is -0.687. The van der Waals surface area contributed by atoms with Gasteiger partial charge in [-0.3, -0.25) is 0 Å². The molecule has 7 heteroatoms. The molecular formula is C12H23N3O4. The topological polar surface area (TPSA) is 93.1 Å². The number of carboxylic acids is 1. The second-order valence-electron chi connectivity index (χ2n) is 5.76. The van der Waals surface area contributed by atoms with E-state index < -0.39 is 24.1 Å². The average Bonchev–Trinajstić information content (AvgIpc) is 2.68. The fourth-order valence-electron chi connectivity index (χ4n) is 1.82. The largest absolute Gasteiger partial charge is 0.480 e.